The number of likely N-dealkylation sites (tertiary alicyclic amines) is 1. The van der Waals surface area contributed by atoms with Crippen LogP contribution in [0.1, 0.15) is 37.7 Å². The summed E-state index contributed by atoms with van der Waals surface area (Å²) in [5.74, 6) is 1.63. The smallest absolute Gasteiger partial charge is 0.129 e. The summed E-state index contributed by atoms with van der Waals surface area (Å²) in [5.41, 5.74) is 0. The summed E-state index contributed by atoms with van der Waals surface area (Å²) in [6.07, 6.45) is 3.92. The van der Waals surface area contributed by atoms with Gasteiger partial charge in [-0.2, -0.15) is 0 Å². The predicted octanol–water partition coefficient (Wildman–Crippen LogP) is 2.15. The third-order valence-corrected chi connectivity index (χ3v) is 3.17. The van der Waals surface area contributed by atoms with Crippen LogP contribution in [-0.4, -0.2) is 22.6 Å². The van der Waals surface area contributed by atoms with Gasteiger partial charge in [-0.05, 0) is 38.4 Å². The number of aliphatic hydroxyl groups is 1. The lowest BCUT2D eigenvalue weighted by Gasteiger charge is -2.32. The highest BCUT2D eigenvalue weighted by molar-refractivity contribution is 5.06. The number of hydrogen-bond acceptors (Lipinski definition) is 3. The highest BCUT2D eigenvalue weighted by atomic mass is 16.4. The quantitative estimate of drug-likeness (QED) is 0.828. The van der Waals surface area contributed by atoms with E-state index >= 15 is 0 Å². The van der Waals surface area contributed by atoms with Gasteiger partial charge in [-0.25, -0.2) is 0 Å². The molecule has 0 spiro atoms. The zero-order chi connectivity index (χ0) is 10.7. The van der Waals surface area contributed by atoms with Gasteiger partial charge in [-0.3, -0.25) is 4.90 Å². The van der Waals surface area contributed by atoms with Crippen LogP contribution in [0.4, 0.5) is 0 Å². The Hall–Kier alpha value is -0.800. The summed E-state index contributed by atoms with van der Waals surface area (Å²) in [5, 5.41) is 8.90. The normalized spacial score (nSPS) is 23.2. The zero-order valence-electron chi connectivity index (χ0n) is 9.28. The largest absolute Gasteiger partial charge is 0.462 e. The van der Waals surface area contributed by atoms with Crippen LogP contribution in [0.15, 0.2) is 16.5 Å². The van der Waals surface area contributed by atoms with Gasteiger partial charge < -0.3 is 9.52 Å². The Morgan fingerprint density at radius 1 is 1.40 bits per heavy atom. The standard InChI is InChI=1S/C12H19NO2/c1-10-4-2-3-7-13(10)8-11-5-6-12(9-14)15-11/h5-6,10,14H,2-4,7-9H2,1H3. The van der Waals surface area contributed by atoms with E-state index in [0.717, 1.165) is 18.8 Å². The first kappa shape index (κ1) is 10.7. The molecular formula is C12H19NO2. The van der Waals surface area contributed by atoms with Crippen molar-refractivity contribution in [3.8, 4) is 0 Å². The Balaban J connectivity index is 1.95. The van der Waals surface area contributed by atoms with Crippen LogP contribution in [0, 0.1) is 0 Å². The van der Waals surface area contributed by atoms with Gasteiger partial charge in [-0.1, -0.05) is 6.42 Å². The fraction of sp³-hybridized carbons (Fsp3) is 0.667. The van der Waals surface area contributed by atoms with Gasteiger partial charge in [0, 0.05) is 6.04 Å². The Kier molecular flexibility index (Phi) is 3.44. The van der Waals surface area contributed by atoms with Crippen LogP contribution < -0.4 is 0 Å². The molecule has 1 N–H and O–H groups in total. The van der Waals surface area contributed by atoms with Crippen molar-refractivity contribution in [1.29, 1.82) is 0 Å². The average Bonchev–Trinajstić information content (AvgIpc) is 2.69. The molecule has 0 radical (unpaired) electrons. The lowest BCUT2D eigenvalue weighted by atomic mass is 10.0. The van der Waals surface area contributed by atoms with Crippen molar-refractivity contribution in [3.05, 3.63) is 23.7 Å². The van der Waals surface area contributed by atoms with Crippen molar-refractivity contribution in [1.82, 2.24) is 4.90 Å². The average molecular weight is 209 g/mol. The topological polar surface area (TPSA) is 36.6 Å². The Morgan fingerprint density at radius 2 is 2.20 bits per heavy atom. The van der Waals surface area contributed by atoms with Crippen molar-refractivity contribution in [2.75, 3.05) is 6.54 Å². The van der Waals surface area contributed by atoms with Crippen molar-refractivity contribution in [3.63, 3.8) is 0 Å². The highest BCUT2D eigenvalue weighted by Crippen LogP contribution is 2.20. The number of furan rings is 1. The fourth-order valence-electron chi connectivity index (χ4n) is 2.18. The summed E-state index contributed by atoms with van der Waals surface area (Å²) in [6, 6.07) is 4.47. The van der Waals surface area contributed by atoms with Crippen LogP contribution in [0.2, 0.25) is 0 Å². The second kappa shape index (κ2) is 4.81. The van der Waals surface area contributed by atoms with Crippen LogP contribution in [0.3, 0.4) is 0 Å². The summed E-state index contributed by atoms with van der Waals surface area (Å²) < 4.78 is 5.49. The van der Waals surface area contributed by atoms with E-state index in [1.807, 2.05) is 12.1 Å². The number of nitrogens with zero attached hydrogens (tertiary/aromatic N) is 1. The minimum Gasteiger partial charge on any atom is -0.462 e. The number of piperidine rings is 1. The van der Waals surface area contributed by atoms with Crippen LogP contribution in [0.5, 0.6) is 0 Å². The van der Waals surface area contributed by atoms with Crippen molar-refractivity contribution in [2.24, 2.45) is 0 Å². The molecule has 0 aliphatic carbocycles. The minimum atomic E-state index is -0.00441. The monoisotopic (exact) mass is 209 g/mol. The molecule has 0 aromatic carbocycles. The van der Waals surface area contributed by atoms with Crippen LogP contribution in [0.25, 0.3) is 0 Å². The van der Waals surface area contributed by atoms with Gasteiger partial charge in [0.15, 0.2) is 0 Å². The maximum atomic E-state index is 8.90. The molecule has 1 saturated heterocycles. The molecule has 1 atom stereocenters. The van der Waals surface area contributed by atoms with E-state index in [9.17, 15) is 0 Å². The van der Waals surface area contributed by atoms with E-state index in [1.54, 1.807) is 0 Å². The highest BCUT2D eigenvalue weighted by Gasteiger charge is 2.19. The maximum absolute atomic E-state index is 8.90. The molecule has 15 heavy (non-hydrogen) atoms. The third-order valence-electron chi connectivity index (χ3n) is 3.17. The first-order chi connectivity index (χ1) is 7.29. The first-order valence-electron chi connectivity index (χ1n) is 5.72. The molecule has 3 nitrogen and oxygen atoms in total. The molecule has 2 rings (SSSR count). The first-order valence-corrected chi connectivity index (χ1v) is 5.72. The molecule has 0 bridgehead atoms. The van der Waals surface area contributed by atoms with E-state index in [0.29, 0.717) is 11.8 Å². The van der Waals surface area contributed by atoms with E-state index in [4.69, 9.17) is 9.52 Å². The Morgan fingerprint density at radius 3 is 2.87 bits per heavy atom. The molecule has 1 aromatic heterocycles. The second-order valence-electron chi connectivity index (χ2n) is 4.34. The lowest BCUT2D eigenvalue weighted by molar-refractivity contribution is 0.139. The molecule has 2 heterocycles. The van der Waals surface area contributed by atoms with Crippen molar-refractivity contribution >= 4 is 0 Å². The molecule has 0 amide bonds. The molecule has 1 aliphatic rings. The number of rotatable bonds is 3. The Labute approximate surface area is 90.7 Å². The van der Waals surface area contributed by atoms with E-state index < -0.39 is 0 Å². The van der Waals surface area contributed by atoms with Gasteiger partial charge in [0.05, 0.1) is 6.54 Å². The summed E-state index contributed by atoms with van der Waals surface area (Å²) >= 11 is 0. The molecule has 1 aromatic rings. The molecule has 3 heteroatoms. The van der Waals surface area contributed by atoms with E-state index in [-0.39, 0.29) is 6.61 Å². The van der Waals surface area contributed by atoms with Gasteiger partial charge >= 0.3 is 0 Å². The van der Waals surface area contributed by atoms with Gasteiger partial charge in [0.2, 0.25) is 0 Å². The van der Waals surface area contributed by atoms with Gasteiger partial charge in [0.25, 0.3) is 0 Å². The van der Waals surface area contributed by atoms with Crippen molar-refractivity contribution < 1.29 is 9.52 Å². The molecular weight excluding hydrogens is 190 g/mol. The van der Waals surface area contributed by atoms with Crippen molar-refractivity contribution in [2.45, 2.75) is 45.4 Å². The van der Waals surface area contributed by atoms with Gasteiger partial charge in [-0.15, -0.1) is 0 Å². The predicted molar refractivity (Wildman–Crippen MR) is 58.4 cm³/mol. The molecule has 1 unspecified atom stereocenters. The fourth-order valence-corrected chi connectivity index (χ4v) is 2.18. The maximum Gasteiger partial charge on any atom is 0.129 e. The second-order valence-corrected chi connectivity index (χ2v) is 4.34. The lowest BCUT2D eigenvalue weighted by Crippen LogP contribution is -2.36. The zero-order valence-corrected chi connectivity index (χ0v) is 9.28. The summed E-state index contributed by atoms with van der Waals surface area (Å²) in [6.45, 7) is 4.31. The minimum absolute atomic E-state index is 0.00441. The molecule has 1 fully saturated rings. The Bertz CT molecular complexity index is 308. The number of hydrogen-bond donors (Lipinski definition) is 1. The molecule has 84 valence electrons. The van der Waals surface area contributed by atoms with Crippen LogP contribution in [-0.2, 0) is 13.2 Å². The molecule has 1 aliphatic heterocycles. The van der Waals surface area contributed by atoms with E-state index in [1.165, 1.54) is 19.3 Å². The van der Waals surface area contributed by atoms with Gasteiger partial charge in [0.1, 0.15) is 18.1 Å². The van der Waals surface area contributed by atoms with Crippen LogP contribution >= 0.6 is 0 Å². The summed E-state index contributed by atoms with van der Waals surface area (Å²) in [7, 11) is 0. The SMILES string of the molecule is CC1CCCCN1Cc1ccc(CO)o1. The summed E-state index contributed by atoms with van der Waals surface area (Å²) in [4.78, 5) is 2.45. The number of aliphatic hydroxyl groups excluding tert-OH is 1. The molecule has 0 saturated carbocycles. The van der Waals surface area contributed by atoms with E-state index in [2.05, 4.69) is 11.8 Å². The third kappa shape index (κ3) is 2.61.